The third-order valence-electron chi connectivity index (χ3n) is 5.37. The number of anilines is 2. The molecule has 2 N–H and O–H groups in total. The Morgan fingerprint density at radius 1 is 0.559 bits per heavy atom. The summed E-state index contributed by atoms with van der Waals surface area (Å²) in [5.74, 6) is -1.03. The number of benzene rings is 2. The highest BCUT2D eigenvalue weighted by atomic mass is 16.2. The molecule has 34 heavy (non-hydrogen) atoms. The van der Waals surface area contributed by atoms with Crippen LogP contribution in [0.5, 0.6) is 0 Å². The monoisotopic (exact) mass is 456 g/mol. The van der Waals surface area contributed by atoms with E-state index in [1.165, 1.54) is 0 Å². The van der Waals surface area contributed by atoms with Gasteiger partial charge in [-0.2, -0.15) is 0 Å². The fourth-order valence-electron chi connectivity index (χ4n) is 4.09. The largest absolute Gasteiger partial charge is 0.315 e. The van der Waals surface area contributed by atoms with E-state index in [0.29, 0.717) is 11.6 Å². The minimum absolute atomic E-state index is 0.300. The van der Waals surface area contributed by atoms with Crippen molar-refractivity contribution in [2.75, 3.05) is 10.6 Å². The molecule has 0 fully saturated rings. The number of amides is 2. The van der Waals surface area contributed by atoms with Crippen molar-refractivity contribution in [3.63, 3.8) is 0 Å². The second kappa shape index (κ2) is 8.97. The number of carbonyl (C=O) groups excluding carboxylic acids is 2. The molecule has 2 heterocycles. The normalized spacial score (nSPS) is 10.9. The predicted octanol–water partition coefficient (Wildman–Crippen LogP) is 4.49. The van der Waals surface area contributed by atoms with Crippen molar-refractivity contribution in [3.8, 4) is 11.4 Å². The number of rotatable bonds is 4. The van der Waals surface area contributed by atoms with Crippen molar-refractivity contribution in [3.05, 3.63) is 82.2 Å². The molecule has 0 aliphatic rings. The average molecular weight is 457 g/mol. The molecule has 0 aliphatic carbocycles. The zero-order valence-electron chi connectivity index (χ0n) is 20.2. The quantitative estimate of drug-likeness (QED) is 0.443. The third kappa shape index (κ3) is 4.91. The van der Waals surface area contributed by atoms with Gasteiger partial charge in [0.15, 0.2) is 11.6 Å². The first-order chi connectivity index (χ1) is 16.1. The van der Waals surface area contributed by atoms with Crippen LogP contribution in [0, 0.1) is 41.5 Å². The second-order valence-electron chi connectivity index (χ2n) is 8.77. The molecule has 0 atom stereocenters. The van der Waals surface area contributed by atoms with Crippen LogP contribution in [0.1, 0.15) is 33.6 Å². The Hall–Kier alpha value is -4.20. The molecule has 174 valence electrons. The van der Waals surface area contributed by atoms with Gasteiger partial charge in [-0.15, -0.1) is 10.2 Å². The van der Waals surface area contributed by atoms with Gasteiger partial charge in [0.25, 0.3) is 0 Å². The molecule has 0 unspecified atom stereocenters. The van der Waals surface area contributed by atoms with E-state index < -0.39 is 11.8 Å². The first-order valence-corrected chi connectivity index (χ1v) is 11.0. The van der Waals surface area contributed by atoms with Crippen LogP contribution in [-0.2, 0) is 9.59 Å². The number of hydrogen-bond donors (Lipinski definition) is 2. The van der Waals surface area contributed by atoms with Crippen LogP contribution in [0.2, 0.25) is 0 Å². The Balaban J connectivity index is 1.48. The van der Waals surface area contributed by atoms with Crippen molar-refractivity contribution >= 4 is 23.5 Å². The summed E-state index contributed by atoms with van der Waals surface area (Å²) in [6.45, 7) is 11.9. The highest BCUT2D eigenvalue weighted by molar-refractivity contribution is 6.43. The van der Waals surface area contributed by atoms with Crippen LogP contribution in [0.15, 0.2) is 48.5 Å². The Labute approximate surface area is 198 Å². The zero-order chi connectivity index (χ0) is 24.6. The molecule has 2 aromatic heterocycles. The second-order valence-corrected chi connectivity index (χ2v) is 8.77. The molecule has 0 bridgehead atoms. The van der Waals surface area contributed by atoms with Crippen molar-refractivity contribution in [2.45, 2.75) is 41.5 Å². The maximum atomic E-state index is 12.5. The van der Waals surface area contributed by atoms with Crippen LogP contribution in [-0.4, -0.2) is 31.4 Å². The summed E-state index contributed by atoms with van der Waals surface area (Å²) >= 11 is 0. The summed E-state index contributed by atoms with van der Waals surface area (Å²) in [6.07, 6.45) is 0. The molecule has 0 radical (unpaired) electrons. The lowest BCUT2D eigenvalue weighted by Crippen LogP contribution is -2.29. The molecule has 0 saturated carbocycles. The Kier molecular flexibility index (Phi) is 6.06. The summed E-state index contributed by atoms with van der Waals surface area (Å²) in [5.41, 5.74) is 7.93. The molecule has 2 amide bonds. The van der Waals surface area contributed by atoms with Gasteiger partial charge < -0.3 is 10.6 Å². The number of carbonyl (C=O) groups is 2. The van der Waals surface area contributed by atoms with Gasteiger partial charge in [0, 0.05) is 23.5 Å². The Morgan fingerprint density at radius 2 is 0.882 bits per heavy atom. The Morgan fingerprint density at radius 3 is 1.21 bits per heavy atom. The van der Waals surface area contributed by atoms with Crippen LogP contribution >= 0.6 is 0 Å². The van der Waals surface area contributed by atoms with Crippen LogP contribution in [0.25, 0.3) is 11.4 Å². The molecule has 4 rings (SSSR count). The third-order valence-corrected chi connectivity index (χ3v) is 5.37. The number of aromatic nitrogens is 4. The summed E-state index contributed by atoms with van der Waals surface area (Å²) < 4.78 is 3.48. The number of aryl methyl sites for hydroxylation is 6. The summed E-state index contributed by atoms with van der Waals surface area (Å²) in [5, 5.41) is 14.0. The van der Waals surface area contributed by atoms with E-state index in [4.69, 9.17) is 0 Å². The van der Waals surface area contributed by atoms with E-state index in [9.17, 15) is 9.59 Å². The maximum absolute atomic E-state index is 12.5. The number of nitrogens with zero attached hydrogens (tertiary/aromatic N) is 4. The molecule has 8 nitrogen and oxygen atoms in total. The highest BCUT2D eigenvalue weighted by Gasteiger charge is 2.18. The van der Waals surface area contributed by atoms with Gasteiger partial charge in [0.1, 0.15) is 0 Å². The fourth-order valence-corrected chi connectivity index (χ4v) is 4.09. The molecule has 0 spiro atoms. The number of nitrogens with one attached hydrogen (secondary N) is 2. The van der Waals surface area contributed by atoms with Gasteiger partial charge in [0.2, 0.25) is 0 Å². The fraction of sp³-hybridized carbons (Fsp3) is 0.231. The lowest BCUT2D eigenvalue weighted by atomic mass is 10.1. The van der Waals surface area contributed by atoms with Gasteiger partial charge in [-0.3, -0.25) is 9.59 Å². The minimum Gasteiger partial charge on any atom is -0.301 e. The first-order valence-electron chi connectivity index (χ1n) is 11.0. The summed E-state index contributed by atoms with van der Waals surface area (Å²) in [6, 6.07) is 15.7. The van der Waals surface area contributed by atoms with E-state index in [-0.39, 0.29) is 0 Å². The van der Waals surface area contributed by atoms with Crippen LogP contribution in [0.3, 0.4) is 0 Å². The maximum Gasteiger partial charge on any atom is 0.315 e. The van der Waals surface area contributed by atoms with E-state index >= 15 is 0 Å². The van der Waals surface area contributed by atoms with Crippen LogP contribution < -0.4 is 10.6 Å². The molecule has 0 aliphatic heterocycles. The number of hydrogen-bond acceptors (Lipinski definition) is 4. The smallest absolute Gasteiger partial charge is 0.301 e. The van der Waals surface area contributed by atoms with Crippen molar-refractivity contribution < 1.29 is 9.59 Å². The van der Waals surface area contributed by atoms with E-state index in [1.54, 1.807) is 21.5 Å². The van der Waals surface area contributed by atoms with Crippen molar-refractivity contribution in [1.29, 1.82) is 0 Å². The Bertz CT molecular complexity index is 1260. The average Bonchev–Trinajstić information content (AvgIpc) is 3.28. The van der Waals surface area contributed by atoms with Crippen molar-refractivity contribution in [1.82, 2.24) is 19.6 Å². The van der Waals surface area contributed by atoms with Gasteiger partial charge in [-0.1, -0.05) is 12.1 Å². The molecule has 2 aromatic carbocycles. The zero-order valence-corrected chi connectivity index (χ0v) is 20.2. The molecule has 8 heteroatoms. The van der Waals surface area contributed by atoms with Gasteiger partial charge in [-0.05, 0) is 88.1 Å². The van der Waals surface area contributed by atoms with E-state index in [2.05, 4.69) is 33.0 Å². The van der Waals surface area contributed by atoms with E-state index in [0.717, 1.165) is 45.0 Å². The standard InChI is InChI=1S/C26H28N6O2/c1-15-7-16(2)10-21(9-15)31-19(5)13-23(29-31)27-25(33)26(34)28-24-14-20(6)32(30-24)22-11-17(3)8-18(4)12-22/h7-14H,1-6H3,(H,27,29,33)(H,28,30,34). The SMILES string of the molecule is Cc1cc(C)cc(-n2nc(NC(=O)C(=O)Nc3cc(C)n(-c4cc(C)cc(C)c4)n3)cc2C)c1. The minimum atomic E-state index is -0.816. The topological polar surface area (TPSA) is 93.8 Å². The molecular weight excluding hydrogens is 428 g/mol. The van der Waals surface area contributed by atoms with Gasteiger partial charge >= 0.3 is 11.8 Å². The lowest BCUT2D eigenvalue weighted by molar-refractivity contribution is -0.133. The predicted molar refractivity (Wildman–Crippen MR) is 133 cm³/mol. The van der Waals surface area contributed by atoms with Crippen molar-refractivity contribution in [2.24, 2.45) is 0 Å². The first kappa shape index (κ1) is 23.0. The van der Waals surface area contributed by atoms with E-state index in [1.807, 2.05) is 65.8 Å². The molecule has 0 saturated heterocycles. The highest BCUT2D eigenvalue weighted by Crippen LogP contribution is 2.20. The van der Waals surface area contributed by atoms with Crippen LogP contribution in [0.4, 0.5) is 11.6 Å². The molecular formula is C26H28N6O2. The van der Waals surface area contributed by atoms with Gasteiger partial charge in [0.05, 0.1) is 11.4 Å². The summed E-state index contributed by atoms with van der Waals surface area (Å²) in [7, 11) is 0. The van der Waals surface area contributed by atoms with Gasteiger partial charge in [-0.25, -0.2) is 9.36 Å². The lowest BCUT2D eigenvalue weighted by Gasteiger charge is -2.07. The molecule has 4 aromatic rings. The summed E-state index contributed by atoms with van der Waals surface area (Å²) in [4.78, 5) is 25.1.